The Morgan fingerprint density at radius 1 is 0.785 bits per heavy atom. The number of ether oxygens (including phenoxy) is 3. The number of aromatic amines is 2. The van der Waals surface area contributed by atoms with Crippen molar-refractivity contribution in [1.82, 2.24) is 25.3 Å². The van der Waals surface area contributed by atoms with Gasteiger partial charge in [-0.3, -0.25) is 19.4 Å². The van der Waals surface area contributed by atoms with E-state index in [0.717, 1.165) is 28.9 Å². The van der Waals surface area contributed by atoms with Crippen LogP contribution in [-0.2, 0) is 46.6 Å². The summed E-state index contributed by atoms with van der Waals surface area (Å²) in [5.74, 6) is -4.72. The maximum absolute atomic E-state index is 14.0. The van der Waals surface area contributed by atoms with Crippen LogP contribution in [0.1, 0.15) is 156 Å². The van der Waals surface area contributed by atoms with Gasteiger partial charge in [-0.25, -0.2) is 19.4 Å². The number of benzene rings is 2. The van der Waals surface area contributed by atoms with Crippen molar-refractivity contribution in [2.45, 2.75) is 110 Å². The molecule has 0 aliphatic carbocycles. The van der Waals surface area contributed by atoms with Gasteiger partial charge in [0, 0.05) is 58.3 Å². The smallest absolute Gasteiger partial charge is 0.350 e. The maximum atomic E-state index is 14.0. The molecule has 3 N–H and O–H groups in total. The van der Waals surface area contributed by atoms with E-state index in [4.69, 9.17) is 24.2 Å². The van der Waals surface area contributed by atoms with Crippen LogP contribution in [0.25, 0.3) is 22.2 Å². The number of nitrogens with one attached hydrogen (secondary N) is 3. The Balaban J connectivity index is 1.17. The SMILES string of the molecule is CC[C@H]1c2cc3[nH]c4c(c5nc(cc6nc(cc([nH]2)[C@@H]1C)C(C(C)=O)=C6C)[C@@H](C)[C@@H]5CCC(=O)NC(CC(=O)OCc1ccccc1)C(=O)OCc1ccccc1)C(=O)OC(=O)c4c3C. The molecular weight excluding hydrogens is 827 g/mol. The van der Waals surface area contributed by atoms with Crippen LogP contribution in [0.5, 0.6) is 0 Å². The molecule has 4 aliphatic rings. The van der Waals surface area contributed by atoms with Crippen molar-refractivity contribution in [3.8, 4) is 0 Å². The summed E-state index contributed by atoms with van der Waals surface area (Å²) in [6, 6.07) is 22.4. The van der Waals surface area contributed by atoms with E-state index < -0.39 is 54.1 Å². The fraction of sp³-hybridized carbons (Fsp3) is 0.333. The first kappa shape index (κ1) is 44.4. The van der Waals surface area contributed by atoms with E-state index in [9.17, 15) is 28.8 Å². The van der Waals surface area contributed by atoms with Gasteiger partial charge in [0.1, 0.15) is 24.8 Å². The lowest BCUT2D eigenvalue weighted by Gasteiger charge is -2.20. The average Bonchev–Trinajstić information content (AvgIpc) is 3.97. The fourth-order valence-corrected chi connectivity index (χ4v) is 9.28. The van der Waals surface area contributed by atoms with Crippen molar-refractivity contribution in [1.29, 1.82) is 0 Å². The quantitative estimate of drug-likeness (QED) is 0.0661. The predicted octanol–water partition coefficient (Wildman–Crippen LogP) is 8.50. The van der Waals surface area contributed by atoms with Crippen molar-refractivity contribution in [3.05, 3.63) is 141 Å². The van der Waals surface area contributed by atoms with Crippen LogP contribution in [0.3, 0.4) is 0 Å². The summed E-state index contributed by atoms with van der Waals surface area (Å²) in [6.45, 7) is 11.2. The molecular formula is C51H51N5O9. The molecule has 14 heteroatoms. The second-order valence-corrected chi connectivity index (χ2v) is 17.1. The number of carbonyl (C=O) groups is 6. The summed E-state index contributed by atoms with van der Waals surface area (Å²) in [7, 11) is 0. The van der Waals surface area contributed by atoms with Gasteiger partial charge in [-0.2, -0.15) is 0 Å². The van der Waals surface area contributed by atoms with Crippen molar-refractivity contribution in [3.63, 3.8) is 0 Å². The van der Waals surface area contributed by atoms with Gasteiger partial charge >= 0.3 is 23.9 Å². The molecule has 2 aromatic heterocycles. The number of rotatable bonds is 13. The van der Waals surface area contributed by atoms with Crippen LogP contribution in [-0.4, -0.2) is 61.5 Å². The molecule has 14 nitrogen and oxygen atoms in total. The third kappa shape index (κ3) is 8.98. The molecule has 8 bridgehead atoms. The third-order valence-electron chi connectivity index (χ3n) is 12.9. The van der Waals surface area contributed by atoms with E-state index in [-0.39, 0.29) is 60.3 Å². The molecule has 0 saturated heterocycles. The highest BCUT2D eigenvalue weighted by molar-refractivity contribution is 6.27. The third-order valence-corrected chi connectivity index (χ3v) is 12.9. The minimum Gasteiger partial charge on any atom is -0.461 e. The summed E-state index contributed by atoms with van der Waals surface area (Å²) < 4.78 is 16.4. The van der Waals surface area contributed by atoms with Crippen molar-refractivity contribution in [2.75, 3.05) is 0 Å². The first-order valence-corrected chi connectivity index (χ1v) is 22.0. The molecule has 4 aromatic rings. The Labute approximate surface area is 375 Å². The first-order chi connectivity index (χ1) is 31.2. The number of hydrogen-bond acceptors (Lipinski definition) is 11. The van der Waals surface area contributed by atoms with Gasteiger partial charge < -0.3 is 29.5 Å². The van der Waals surface area contributed by atoms with Crippen molar-refractivity contribution in [2.24, 2.45) is 0 Å². The maximum Gasteiger partial charge on any atom is 0.350 e. The van der Waals surface area contributed by atoms with Crippen LogP contribution in [0.2, 0.25) is 0 Å². The van der Waals surface area contributed by atoms with E-state index in [0.29, 0.717) is 45.0 Å². The van der Waals surface area contributed by atoms with E-state index in [1.807, 2.05) is 50.2 Å². The summed E-state index contributed by atoms with van der Waals surface area (Å²) in [5, 5.41) is 2.71. The number of cyclic esters (lactones) is 2. The molecule has 1 amide bonds. The zero-order chi connectivity index (χ0) is 46.1. The normalized spacial score (nSPS) is 18.7. The fourth-order valence-electron chi connectivity index (χ4n) is 9.28. The standard InChI is InChI=1S/C51H51N5O9/c1-7-33-26(2)35-22-40-44(30(6)57)28(4)37(53-40)20-36-27(3)34(47(55-36)46-48-45(50(61)65-51(46)62)29(5)38(56-48)21-39(33)52-35)18-19-42(58)54-41(49(60)64-25-32-16-12-9-13-17-32)23-43(59)63-24-31-14-10-8-11-15-31/h8-17,20-22,26-27,33-34,41,52,56H,7,18-19,23-25H2,1-6H3,(H,54,58)/t26-,27+,33-,34+,41?/m1/s1. The topological polar surface area (TPSA) is 199 Å². The molecule has 1 unspecified atom stereocenters. The number of Topliss-reactive ketones (excluding diaryl/α,β-unsaturated/α-hetero) is 1. The van der Waals surface area contributed by atoms with Crippen LogP contribution in [0.4, 0.5) is 0 Å². The number of esters is 4. The van der Waals surface area contributed by atoms with E-state index in [2.05, 4.69) is 29.1 Å². The Bertz CT molecular complexity index is 2840. The van der Waals surface area contributed by atoms with Gasteiger partial charge in [0.15, 0.2) is 5.78 Å². The van der Waals surface area contributed by atoms with Gasteiger partial charge in [-0.1, -0.05) is 81.4 Å². The van der Waals surface area contributed by atoms with Gasteiger partial charge in [0.25, 0.3) is 0 Å². The lowest BCUT2D eigenvalue weighted by Crippen LogP contribution is -2.43. The van der Waals surface area contributed by atoms with E-state index >= 15 is 0 Å². The van der Waals surface area contributed by atoms with Gasteiger partial charge in [0.05, 0.1) is 34.6 Å². The first-order valence-electron chi connectivity index (χ1n) is 22.0. The number of fused-ring (bicyclic) bond motifs is 8. The van der Waals surface area contributed by atoms with Crippen LogP contribution in [0, 0.1) is 6.92 Å². The molecule has 4 aliphatic heterocycles. The monoisotopic (exact) mass is 877 g/mol. The molecule has 2 aromatic carbocycles. The molecule has 6 heterocycles. The van der Waals surface area contributed by atoms with Gasteiger partial charge in [-0.15, -0.1) is 0 Å². The van der Waals surface area contributed by atoms with Crippen LogP contribution >= 0.6 is 0 Å². The minimum absolute atomic E-state index is 0.0188. The summed E-state index contributed by atoms with van der Waals surface area (Å²) in [6.07, 6.45) is 0.307. The lowest BCUT2D eigenvalue weighted by molar-refractivity contribution is -0.155. The summed E-state index contributed by atoms with van der Waals surface area (Å²) in [5.41, 5.74) is 8.14. The average molecular weight is 878 g/mol. The van der Waals surface area contributed by atoms with Crippen LogP contribution < -0.4 is 5.32 Å². The molecule has 0 saturated carbocycles. The number of H-pyrrole nitrogens is 2. The van der Waals surface area contributed by atoms with Crippen molar-refractivity contribution < 1.29 is 43.0 Å². The van der Waals surface area contributed by atoms with E-state index in [1.54, 1.807) is 49.4 Å². The highest BCUT2D eigenvalue weighted by Gasteiger charge is 2.39. The zero-order valence-electron chi connectivity index (χ0n) is 37.2. The molecule has 0 fully saturated rings. The highest BCUT2D eigenvalue weighted by atomic mass is 16.6. The van der Waals surface area contributed by atoms with Crippen LogP contribution in [0.15, 0.2) is 78.9 Å². The lowest BCUT2D eigenvalue weighted by atomic mass is 9.85. The number of ketones is 1. The minimum atomic E-state index is -1.36. The predicted molar refractivity (Wildman–Crippen MR) is 241 cm³/mol. The number of nitrogens with zero attached hydrogens (tertiary/aromatic N) is 2. The second-order valence-electron chi connectivity index (χ2n) is 17.1. The van der Waals surface area contributed by atoms with Gasteiger partial charge in [-0.05, 0) is 74.1 Å². The Hall–Kier alpha value is -7.22. The Morgan fingerprint density at radius 2 is 1.45 bits per heavy atom. The summed E-state index contributed by atoms with van der Waals surface area (Å²) >= 11 is 0. The zero-order valence-corrected chi connectivity index (χ0v) is 37.2. The number of aryl methyl sites for hydroxylation is 1. The Morgan fingerprint density at radius 3 is 2.11 bits per heavy atom. The van der Waals surface area contributed by atoms with Gasteiger partial charge in [0.2, 0.25) is 5.91 Å². The number of allylic oxidation sites excluding steroid dienone is 2. The molecule has 0 spiro atoms. The largest absolute Gasteiger partial charge is 0.461 e. The molecule has 8 rings (SSSR count). The van der Waals surface area contributed by atoms with Crippen molar-refractivity contribution >= 4 is 57.7 Å². The van der Waals surface area contributed by atoms with E-state index in [1.165, 1.54) is 6.92 Å². The number of hydrogen-bond donors (Lipinski definition) is 3. The summed E-state index contributed by atoms with van der Waals surface area (Å²) in [4.78, 5) is 98.2. The highest BCUT2D eigenvalue weighted by Crippen LogP contribution is 2.45. The Kier molecular flexibility index (Phi) is 12.6. The second kappa shape index (κ2) is 18.5. The molecule has 0 radical (unpaired) electrons. The molecule has 65 heavy (non-hydrogen) atoms. The molecule has 5 atom stereocenters. The number of amides is 1. The number of carbonyl (C=O) groups excluding carboxylic acids is 6. The number of aromatic nitrogens is 4. The molecule has 334 valence electrons.